The predicted octanol–water partition coefficient (Wildman–Crippen LogP) is 5.79. The fourth-order valence-electron chi connectivity index (χ4n) is 4.15. The molecule has 3 aromatic rings. The molecule has 5 nitrogen and oxygen atoms in total. The van der Waals surface area contributed by atoms with Crippen molar-refractivity contribution in [2.24, 2.45) is 0 Å². The lowest BCUT2D eigenvalue weighted by atomic mass is 9.99. The third kappa shape index (κ3) is 6.04. The predicted molar refractivity (Wildman–Crippen MR) is 134 cm³/mol. The lowest BCUT2D eigenvalue weighted by Gasteiger charge is -2.21. The van der Waals surface area contributed by atoms with E-state index >= 15 is 0 Å². The highest BCUT2D eigenvalue weighted by molar-refractivity contribution is 5.84. The van der Waals surface area contributed by atoms with Gasteiger partial charge in [0.25, 0.3) is 0 Å². The number of carbonyl (C=O) groups is 1. The Morgan fingerprint density at radius 2 is 1.82 bits per heavy atom. The molecule has 5 heteroatoms. The third-order valence-electron chi connectivity index (χ3n) is 6.25. The second kappa shape index (κ2) is 11.2. The van der Waals surface area contributed by atoms with Crippen molar-refractivity contribution in [2.45, 2.75) is 59.8 Å². The van der Waals surface area contributed by atoms with Crippen molar-refractivity contribution in [1.82, 2.24) is 0 Å². The van der Waals surface area contributed by atoms with Gasteiger partial charge in [-0.05, 0) is 61.9 Å². The van der Waals surface area contributed by atoms with Crippen molar-refractivity contribution < 1.29 is 13.9 Å². The summed E-state index contributed by atoms with van der Waals surface area (Å²) in [4.78, 5) is 27.1. The van der Waals surface area contributed by atoms with Crippen molar-refractivity contribution in [3.8, 4) is 0 Å². The molecule has 3 rings (SSSR count). The topological polar surface area (TPSA) is 59.8 Å². The summed E-state index contributed by atoms with van der Waals surface area (Å²) in [6, 6.07) is 14.3. The zero-order valence-corrected chi connectivity index (χ0v) is 20.4. The van der Waals surface area contributed by atoms with Gasteiger partial charge >= 0.3 is 11.6 Å². The van der Waals surface area contributed by atoms with Gasteiger partial charge in [-0.1, -0.05) is 38.1 Å². The lowest BCUT2D eigenvalue weighted by molar-refractivity contribution is -0.143. The summed E-state index contributed by atoms with van der Waals surface area (Å²) in [5, 5.41) is 0.914. The molecule has 0 N–H and O–H groups in total. The number of hydrogen-bond acceptors (Lipinski definition) is 5. The van der Waals surface area contributed by atoms with Crippen molar-refractivity contribution in [3.63, 3.8) is 0 Å². The van der Waals surface area contributed by atoms with Crippen LogP contribution >= 0.6 is 0 Å². The van der Waals surface area contributed by atoms with Crippen LogP contribution in [0.25, 0.3) is 11.0 Å². The minimum atomic E-state index is -0.363. The Bertz CT molecular complexity index is 1160. The molecule has 33 heavy (non-hydrogen) atoms. The number of hydrogen-bond donors (Lipinski definition) is 0. The normalized spacial score (nSPS) is 11.2. The van der Waals surface area contributed by atoms with Gasteiger partial charge in [0.2, 0.25) is 0 Å². The third-order valence-corrected chi connectivity index (χ3v) is 6.25. The number of rotatable bonds is 10. The highest BCUT2D eigenvalue weighted by Crippen LogP contribution is 2.25. The second-order valence-electron chi connectivity index (χ2n) is 8.72. The second-order valence-corrected chi connectivity index (χ2v) is 8.72. The molecule has 0 saturated carbocycles. The zero-order valence-electron chi connectivity index (χ0n) is 20.4. The maximum absolute atomic E-state index is 12.6. The number of nitrogens with zero attached hydrogens (tertiary/aromatic N) is 1. The molecule has 0 aliphatic carbocycles. The smallest absolute Gasteiger partial charge is 0.339 e. The molecule has 0 aliphatic rings. The number of carbonyl (C=O) groups excluding carboxylic acids is 1. The first-order valence-corrected chi connectivity index (χ1v) is 11.9. The molecule has 0 amide bonds. The Morgan fingerprint density at radius 3 is 2.52 bits per heavy atom. The monoisotopic (exact) mass is 449 g/mol. The van der Waals surface area contributed by atoms with Crippen LogP contribution in [-0.4, -0.2) is 25.7 Å². The van der Waals surface area contributed by atoms with Gasteiger partial charge in [0.15, 0.2) is 0 Å². The number of anilines is 1. The number of fused-ring (bicyclic) bond motifs is 1. The van der Waals surface area contributed by atoms with Crippen molar-refractivity contribution in [2.75, 3.05) is 24.6 Å². The van der Waals surface area contributed by atoms with E-state index in [-0.39, 0.29) is 18.2 Å². The zero-order chi connectivity index (χ0) is 24.0. The Kier molecular flexibility index (Phi) is 8.32. The van der Waals surface area contributed by atoms with Crippen molar-refractivity contribution >= 4 is 22.6 Å². The standard InChI is InChI=1S/C28H35NO4/c1-6-29(7-2)23-12-13-24-20(5)25(28(31)33-26(24)18-23)15-16-32-27(30)14-11-21-9-8-10-22(17-21)19(3)4/h8-10,12-13,17-19H,6-7,11,14-16H2,1-5H3. The summed E-state index contributed by atoms with van der Waals surface area (Å²) in [7, 11) is 0. The van der Waals surface area contributed by atoms with Gasteiger partial charge in [-0.3, -0.25) is 4.79 Å². The van der Waals surface area contributed by atoms with Gasteiger partial charge in [-0.2, -0.15) is 0 Å². The number of ether oxygens (including phenoxy) is 1. The summed E-state index contributed by atoms with van der Waals surface area (Å²) in [6.07, 6.45) is 1.31. The molecule has 0 spiro atoms. The molecule has 0 bridgehead atoms. The molecule has 0 saturated heterocycles. The van der Waals surface area contributed by atoms with E-state index in [4.69, 9.17) is 9.15 Å². The fourth-order valence-corrected chi connectivity index (χ4v) is 4.15. The van der Waals surface area contributed by atoms with E-state index in [1.165, 1.54) is 5.56 Å². The van der Waals surface area contributed by atoms with Gasteiger partial charge < -0.3 is 14.1 Å². The summed E-state index contributed by atoms with van der Waals surface area (Å²) < 4.78 is 11.0. The van der Waals surface area contributed by atoms with Crippen LogP contribution in [0.15, 0.2) is 51.7 Å². The van der Waals surface area contributed by atoms with E-state index in [9.17, 15) is 9.59 Å². The molecule has 2 aromatic carbocycles. The van der Waals surface area contributed by atoms with Crippen LogP contribution in [0.1, 0.15) is 62.3 Å². The molecule has 1 aromatic heterocycles. The van der Waals surface area contributed by atoms with E-state index in [0.717, 1.165) is 35.3 Å². The van der Waals surface area contributed by atoms with Crippen LogP contribution in [0.3, 0.4) is 0 Å². The van der Waals surface area contributed by atoms with Gasteiger partial charge in [-0.25, -0.2) is 4.79 Å². The van der Waals surface area contributed by atoms with Crippen LogP contribution in [0.2, 0.25) is 0 Å². The molecule has 176 valence electrons. The first kappa shape index (κ1) is 24.6. The molecule has 0 unspecified atom stereocenters. The van der Waals surface area contributed by atoms with Crippen LogP contribution in [0.5, 0.6) is 0 Å². The summed E-state index contributed by atoms with van der Waals surface area (Å²) in [5.74, 6) is 0.203. The van der Waals surface area contributed by atoms with E-state index in [1.807, 2.05) is 31.2 Å². The molecule has 0 aliphatic heterocycles. The highest BCUT2D eigenvalue weighted by atomic mass is 16.5. The van der Waals surface area contributed by atoms with Gasteiger partial charge in [-0.15, -0.1) is 0 Å². The van der Waals surface area contributed by atoms with Gasteiger partial charge in [0.05, 0.1) is 6.61 Å². The van der Waals surface area contributed by atoms with E-state index in [2.05, 4.69) is 50.8 Å². The number of benzene rings is 2. The Hall–Kier alpha value is -3.08. The van der Waals surface area contributed by atoms with Crippen LogP contribution in [0.4, 0.5) is 5.69 Å². The highest BCUT2D eigenvalue weighted by Gasteiger charge is 2.14. The average Bonchev–Trinajstić information content (AvgIpc) is 2.80. The van der Waals surface area contributed by atoms with Gasteiger partial charge in [0, 0.05) is 48.6 Å². The Balaban J connectivity index is 1.61. The quantitative estimate of drug-likeness (QED) is 0.290. The molecule has 1 heterocycles. The fraction of sp³-hybridized carbons (Fsp3) is 0.429. The van der Waals surface area contributed by atoms with E-state index in [0.29, 0.717) is 36.3 Å². The van der Waals surface area contributed by atoms with Crippen molar-refractivity contribution in [1.29, 1.82) is 0 Å². The van der Waals surface area contributed by atoms with Crippen LogP contribution in [0, 0.1) is 6.92 Å². The number of esters is 1. The summed E-state index contributed by atoms with van der Waals surface area (Å²) in [5.41, 5.74) is 5.11. The Morgan fingerprint density at radius 1 is 1.06 bits per heavy atom. The first-order chi connectivity index (χ1) is 15.8. The lowest BCUT2D eigenvalue weighted by Crippen LogP contribution is -2.21. The molecular formula is C28H35NO4. The summed E-state index contributed by atoms with van der Waals surface area (Å²) in [6.45, 7) is 12.4. The SMILES string of the molecule is CCN(CC)c1ccc2c(C)c(CCOC(=O)CCc3cccc(C(C)C)c3)c(=O)oc2c1. The average molecular weight is 450 g/mol. The molecule has 0 fully saturated rings. The van der Waals surface area contributed by atoms with E-state index < -0.39 is 0 Å². The molecule has 0 atom stereocenters. The summed E-state index contributed by atoms with van der Waals surface area (Å²) >= 11 is 0. The minimum absolute atomic E-state index is 0.166. The maximum Gasteiger partial charge on any atom is 0.339 e. The maximum atomic E-state index is 12.6. The molecule has 0 radical (unpaired) electrons. The number of aryl methyl sites for hydroxylation is 2. The van der Waals surface area contributed by atoms with Crippen LogP contribution in [-0.2, 0) is 22.4 Å². The minimum Gasteiger partial charge on any atom is -0.465 e. The van der Waals surface area contributed by atoms with Crippen molar-refractivity contribution in [3.05, 3.63) is 75.1 Å². The molecular weight excluding hydrogens is 414 g/mol. The first-order valence-electron chi connectivity index (χ1n) is 11.9. The van der Waals surface area contributed by atoms with Gasteiger partial charge in [0.1, 0.15) is 5.58 Å². The van der Waals surface area contributed by atoms with Crippen LogP contribution < -0.4 is 10.5 Å². The van der Waals surface area contributed by atoms with E-state index in [1.54, 1.807) is 0 Å². The largest absolute Gasteiger partial charge is 0.465 e. The Labute approximate surface area is 196 Å².